The number of hydrogen-bond donors (Lipinski definition) is 0. The Hall–Kier alpha value is -3.31. The average molecular weight is 545 g/mol. The van der Waals surface area contributed by atoms with Crippen molar-refractivity contribution >= 4 is 33.6 Å². The number of anilines is 2. The molecule has 2 aromatic rings. The molecule has 0 radical (unpaired) electrons. The molecule has 2 aliphatic rings. The maximum absolute atomic E-state index is 13.9. The summed E-state index contributed by atoms with van der Waals surface area (Å²) in [5, 5.41) is 0. The molecule has 1 fully saturated rings. The minimum Gasteiger partial charge on any atom is -0.381 e. The number of sulfonamides is 1. The predicted octanol–water partition coefficient (Wildman–Crippen LogP) is 5.15. The van der Waals surface area contributed by atoms with Crippen molar-refractivity contribution in [2.24, 2.45) is 0 Å². The van der Waals surface area contributed by atoms with Gasteiger partial charge in [0.15, 0.2) is 5.69 Å². The zero-order valence-electron chi connectivity index (χ0n) is 22.1. The number of allylic oxidation sites excluding steroid dienone is 3. The van der Waals surface area contributed by atoms with Gasteiger partial charge in [0.25, 0.3) is 15.8 Å². The molecule has 1 saturated heterocycles. The molecule has 1 aliphatic carbocycles. The minimum absolute atomic E-state index is 0.0783. The zero-order chi connectivity index (χ0) is 27.3. The first kappa shape index (κ1) is 27.7. The molecule has 0 spiro atoms. The Kier molecular flexibility index (Phi) is 8.47. The van der Waals surface area contributed by atoms with Crippen molar-refractivity contribution < 1.29 is 22.3 Å². The van der Waals surface area contributed by atoms with Crippen molar-refractivity contribution in [3.8, 4) is 0 Å². The van der Waals surface area contributed by atoms with E-state index in [1.807, 2.05) is 30.9 Å². The summed E-state index contributed by atoms with van der Waals surface area (Å²) in [6.45, 7) is 6.08. The normalized spacial score (nSPS) is 17.0. The van der Waals surface area contributed by atoms with Gasteiger partial charge >= 0.3 is 6.09 Å². The number of carbonyl (C=O) groups is 1. The van der Waals surface area contributed by atoms with E-state index in [1.165, 1.54) is 25.4 Å². The average Bonchev–Trinajstić information content (AvgIpc) is 2.94. The molecule has 9 nitrogen and oxygen atoms in total. The summed E-state index contributed by atoms with van der Waals surface area (Å²) >= 11 is 0. The maximum atomic E-state index is 13.9. The topological polar surface area (TPSA) is 92.7 Å². The molecule has 11 heteroatoms. The molecule has 0 saturated carbocycles. The van der Waals surface area contributed by atoms with Crippen LogP contribution >= 0.6 is 0 Å². The van der Waals surface area contributed by atoms with Gasteiger partial charge in [-0.15, -0.1) is 0 Å². The molecule has 2 heterocycles. The van der Waals surface area contributed by atoms with Gasteiger partial charge in [0.05, 0.1) is 24.2 Å². The van der Waals surface area contributed by atoms with E-state index < -0.39 is 21.9 Å². The van der Waals surface area contributed by atoms with E-state index in [9.17, 15) is 17.6 Å². The van der Waals surface area contributed by atoms with Gasteiger partial charge in [0.1, 0.15) is 11.6 Å². The monoisotopic (exact) mass is 544 g/mol. The van der Waals surface area contributed by atoms with Crippen molar-refractivity contribution in [2.45, 2.75) is 50.8 Å². The molecule has 0 bridgehead atoms. The van der Waals surface area contributed by atoms with Crippen molar-refractivity contribution in [1.29, 1.82) is 0 Å². The quantitative estimate of drug-likeness (QED) is 0.425. The van der Waals surface area contributed by atoms with Crippen LogP contribution < -0.4 is 13.7 Å². The second kappa shape index (κ2) is 11.6. The summed E-state index contributed by atoms with van der Waals surface area (Å²) in [6, 6.07) is 4.63. The molecule has 204 valence electrons. The van der Waals surface area contributed by atoms with Crippen LogP contribution in [0.5, 0.6) is 0 Å². The fourth-order valence-corrected chi connectivity index (χ4v) is 6.02. The third kappa shape index (κ3) is 5.44. The van der Waals surface area contributed by atoms with E-state index in [-0.39, 0.29) is 20.9 Å². The Balaban J connectivity index is 1.87. The number of halogens is 1. The van der Waals surface area contributed by atoms with Gasteiger partial charge < -0.3 is 9.64 Å². The van der Waals surface area contributed by atoms with Gasteiger partial charge in [-0.2, -0.15) is 14.3 Å². The van der Waals surface area contributed by atoms with Gasteiger partial charge in [-0.05, 0) is 82.4 Å². The lowest BCUT2D eigenvalue weighted by atomic mass is 10.1. The lowest BCUT2D eigenvalue weighted by molar-refractivity contribution is 0.122. The van der Waals surface area contributed by atoms with Crippen molar-refractivity contribution in [3.63, 3.8) is 0 Å². The number of quaternary nitrogens is 1. The number of benzene rings is 1. The lowest BCUT2D eigenvalue weighted by Crippen LogP contribution is -2.58. The lowest BCUT2D eigenvalue weighted by Gasteiger charge is -2.38. The largest absolute Gasteiger partial charge is 0.528 e. The first-order valence-corrected chi connectivity index (χ1v) is 14.5. The van der Waals surface area contributed by atoms with Crippen LogP contribution in [0.3, 0.4) is 0 Å². The number of hydrogen-bond acceptors (Lipinski definition) is 7. The van der Waals surface area contributed by atoms with E-state index in [4.69, 9.17) is 9.72 Å². The summed E-state index contributed by atoms with van der Waals surface area (Å²) in [5.74, 6) is 0.635. The third-order valence-corrected chi connectivity index (χ3v) is 8.88. The SMILES string of the molecule is CCN(CC)c1ncc(N(C)S(=O)(=O)c2ccc(F)cc2)c([N+]2(C(=O)OC3=CCCC=C3)CCCCC2)n1. The van der Waals surface area contributed by atoms with Gasteiger partial charge in [-0.1, -0.05) is 6.08 Å². The van der Waals surface area contributed by atoms with Crippen LogP contribution in [0.25, 0.3) is 0 Å². The van der Waals surface area contributed by atoms with Crippen molar-refractivity contribution in [3.05, 3.63) is 60.3 Å². The highest BCUT2D eigenvalue weighted by Gasteiger charge is 2.48. The van der Waals surface area contributed by atoms with E-state index >= 15 is 0 Å². The van der Waals surface area contributed by atoms with Gasteiger partial charge in [-0.25, -0.2) is 17.8 Å². The summed E-state index contributed by atoms with van der Waals surface area (Å²) < 4.78 is 47.4. The van der Waals surface area contributed by atoms with Crippen LogP contribution in [0.15, 0.2) is 59.3 Å². The molecular formula is C27H35FN5O4S+. The Morgan fingerprint density at radius 2 is 1.76 bits per heavy atom. The second-order valence-electron chi connectivity index (χ2n) is 9.41. The Bertz CT molecular complexity index is 1320. The Labute approximate surface area is 223 Å². The predicted molar refractivity (Wildman–Crippen MR) is 146 cm³/mol. The molecule has 1 amide bonds. The molecule has 0 atom stereocenters. The standard InChI is InChI=1S/C27H35FN5O4S/c1-4-32(5-2)26-29-20-24(31(3)38(35,36)23-16-14-21(28)15-17-23)25(30-26)33(18-10-7-11-19-33)27(34)37-22-12-8-6-9-13-22/h8,12-17,20H,4-7,9-11,18-19H2,1-3H3/q+1. The first-order chi connectivity index (χ1) is 18.2. The van der Waals surface area contributed by atoms with Crippen LogP contribution in [0.4, 0.5) is 26.6 Å². The molecule has 38 heavy (non-hydrogen) atoms. The number of amides is 1. The molecule has 0 N–H and O–H groups in total. The fraction of sp³-hybridized carbons (Fsp3) is 0.444. The molecule has 4 rings (SSSR count). The minimum atomic E-state index is -4.11. The molecule has 1 aromatic heterocycles. The Morgan fingerprint density at radius 1 is 1.08 bits per heavy atom. The number of carbonyl (C=O) groups excluding carboxylic acids is 1. The van der Waals surface area contributed by atoms with Gasteiger partial charge in [-0.3, -0.25) is 4.31 Å². The highest BCUT2D eigenvalue weighted by atomic mass is 32.2. The van der Waals surface area contributed by atoms with Crippen molar-refractivity contribution in [2.75, 3.05) is 42.4 Å². The zero-order valence-corrected chi connectivity index (χ0v) is 23.0. The smallest absolute Gasteiger partial charge is 0.381 e. The van der Waals surface area contributed by atoms with E-state index in [1.54, 1.807) is 6.08 Å². The summed E-state index contributed by atoms with van der Waals surface area (Å²) in [6.07, 6.45) is 10.7. The number of aromatic nitrogens is 2. The van der Waals surface area contributed by atoms with Gasteiger partial charge in [0, 0.05) is 20.1 Å². The Morgan fingerprint density at radius 3 is 2.37 bits per heavy atom. The highest BCUT2D eigenvalue weighted by Crippen LogP contribution is 2.39. The van der Waals surface area contributed by atoms with Crippen LogP contribution in [-0.4, -0.2) is 57.7 Å². The molecule has 1 aromatic carbocycles. The number of likely N-dealkylation sites (tertiary alicyclic amines) is 1. The number of piperidine rings is 1. The molecule has 0 unspecified atom stereocenters. The van der Waals surface area contributed by atoms with E-state index in [0.717, 1.165) is 48.5 Å². The third-order valence-electron chi connectivity index (χ3n) is 7.10. The van der Waals surface area contributed by atoms with E-state index in [2.05, 4.69) is 4.98 Å². The highest BCUT2D eigenvalue weighted by molar-refractivity contribution is 7.92. The van der Waals surface area contributed by atoms with Crippen LogP contribution in [0, 0.1) is 5.82 Å². The second-order valence-corrected chi connectivity index (χ2v) is 11.4. The van der Waals surface area contributed by atoms with E-state index in [0.29, 0.717) is 37.9 Å². The molecule has 1 aliphatic heterocycles. The number of nitrogens with zero attached hydrogens (tertiary/aromatic N) is 5. The fourth-order valence-electron chi connectivity index (χ4n) is 4.83. The van der Waals surface area contributed by atoms with Crippen molar-refractivity contribution in [1.82, 2.24) is 14.5 Å². The van der Waals surface area contributed by atoms with Crippen LogP contribution in [-0.2, 0) is 14.8 Å². The number of rotatable bonds is 8. The maximum Gasteiger partial charge on any atom is 0.528 e. The number of ether oxygens (including phenoxy) is 1. The first-order valence-electron chi connectivity index (χ1n) is 13.1. The summed E-state index contributed by atoms with van der Waals surface area (Å²) in [5.41, 5.74) is 0.178. The molecular weight excluding hydrogens is 509 g/mol. The van der Waals surface area contributed by atoms with Crippen LogP contribution in [0.2, 0.25) is 0 Å². The van der Waals surface area contributed by atoms with Gasteiger partial charge in [0.2, 0.25) is 5.95 Å². The summed E-state index contributed by atoms with van der Waals surface area (Å²) in [7, 11) is -2.71. The summed E-state index contributed by atoms with van der Waals surface area (Å²) in [4.78, 5) is 25.1. The van der Waals surface area contributed by atoms with Crippen LogP contribution in [0.1, 0.15) is 46.0 Å².